The Bertz CT molecular complexity index is 1560. The topological polar surface area (TPSA) is 57.6 Å². The third-order valence-electron chi connectivity index (χ3n) is 6.87. The summed E-state index contributed by atoms with van der Waals surface area (Å²) in [5, 5.41) is 11.1. The molecule has 11 heteroatoms. The fraction of sp³-hybridized carbons (Fsp3) is 0.154. The normalized spacial score (nSPS) is 25.4. The number of allylic oxidation sites excluding steroid dienone is 3. The summed E-state index contributed by atoms with van der Waals surface area (Å²) in [7, 11) is 0. The van der Waals surface area contributed by atoms with Gasteiger partial charge < -0.3 is 5.11 Å². The van der Waals surface area contributed by atoms with Gasteiger partial charge in [0, 0.05) is 11.3 Å². The summed E-state index contributed by atoms with van der Waals surface area (Å²) in [6.45, 7) is 3.72. The zero-order chi connectivity index (χ0) is 27.0. The molecule has 0 bridgehead atoms. The van der Waals surface area contributed by atoms with E-state index < -0.39 is 68.7 Å². The maximum absolute atomic E-state index is 14.7. The lowest BCUT2D eigenvalue weighted by Gasteiger charge is -2.42. The van der Waals surface area contributed by atoms with E-state index in [0.29, 0.717) is 21.9 Å². The lowest BCUT2D eigenvalue weighted by Crippen LogP contribution is -2.54. The molecule has 0 aromatic heterocycles. The first-order valence-corrected chi connectivity index (χ1v) is 11.5. The molecule has 1 fully saturated rings. The Balaban J connectivity index is 1.81. The Morgan fingerprint density at radius 1 is 0.892 bits per heavy atom. The average Bonchev–Trinajstić information content (AvgIpc) is 3.04. The number of carbonyl (C=O) groups is 2. The lowest BCUT2D eigenvalue weighted by atomic mass is 9.68. The first-order chi connectivity index (χ1) is 17.4. The highest BCUT2D eigenvalue weighted by Crippen LogP contribution is 2.61. The van der Waals surface area contributed by atoms with Gasteiger partial charge in [0.1, 0.15) is 11.4 Å². The minimum absolute atomic E-state index is 0.100. The Morgan fingerprint density at radius 2 is 1.46 bits per heavy atom. The summed E-state index contributed by atoms with van der Waals surface area (Å²) in [4.78, 5) is 22.3. The summed E-state index contributed by atoms with van der Waals surface area (Å²) < 4.78 is 71.2. The standard InChI is InChI=1S/C26H14Cl2F5NO3/c1-2-11-9-10-25(27)23(36)34(22-20(32)18(30)17(29)19(31)21(22)33)24(37)26(25,28)16(11)14-7-8-15(35)13-6-4-3-5-12(13)14/h2-9,16,35H,1,10H2. The van der Waals surface area contributed by atoms with Crippen LogP contribution in [0.1, 0.15) is 17.9 Å². The van der Waals surface area contributed by atoms with Gasteiger partial charge in [-0.3, -0.25) is 9.59 Å². The van der Waals surface area contributed by atoms with E-state index in [-0.39, 0.29) is 10.6 Å². The summed E-state index contributed by atoms with van der Waals surface area (Å²) in [5.41, 5.74) is -1.14. The monoisotopic (exact) mass is 553 g/mol. The Hall–Kier alpha value is -3.43. The number of nitrogens with zero attached hydrogens (tertiary/aromatic N) is 1. The molecule has 3 aromatic carbocycles. The van der Waals surface area contributed by atoms with Gasteiger partial charge in [-0.25, -0.2) is 26.9 Å². The highest BCUT2D eigenvalue weighted by molar-refractivity contribution is 6.58. The van der Waals surface area contributed by atoms with Crippen molar-refractivity contribution in [2.45, 2.75) is 22.1 Å². The van der Waals surface area contributed by atoms with E-state index in [2.05, 4.69) is 6.58 Å². The van der Waals surface area contributed by atoms with Crippen LogP contribution in [0.2, 0.25) is 0 Å². The maximum atomic E-state index is 14.7. The summed E-state index contributed by atoms with van der Waals surface area (Å²) >= 11 is 13.6. The number of halogens is 7. The van der Waals surface area contributed by atoms with Crippen LogP contribution in [0.25, 0.3) is 10.8 Å². The van der Waals surface area contributed by atoms with Crippen LogP contribution in [0.3, 0.4) is 0 Å². The van der Waals surface area contributed by atoms with Crippen LogP contribution in [-0.4, -0.2) is 26.7 Å². The molecular weight excluding hydrogens is 540 g/mol. The van der Waals surface area contributed by atoms with E-state index >= 15 is 0 Å². The molecule has 2 aliphatic rings. The summed E-state index contributed by atoms with van der Waals surface area (Å²) in [6.07, 6.45) is 2.40. The molecule has 1 N–H and O–H groups in total. The molecule has 1 heterocycles. The molecule has 1 saturated heterocycles. The zero-order valence-electron chi connectivity index (χ0n) is 18.5. The van der Waals surface area contributed by atoms with Gasteiger partial charge in [-0.1, -0.05) is 49.1 Å². The van der Waals surface area contributed by atoms with Crippen LogP contribution >= 0.6 is 23.2 Å². The highest BCUT2D eigenvalue weighted by atomic mass is 35.5. The van der Waals surface area contributed by atoms with Crippen LogP contribution in [-0.2, 0) is 9.59 Å². The highest BCUT2D eigenvalue weighted by Gasteiger charge is 2.73. The van der Waals surface area contributed by atoms with Crippen molar-refractivity contribution in [1.29, 1.82) is 0 Å². The number of carbonyl (C=O) groups excluding carboxylic acids is 2. The summed E-state index contributed by atoms with van der Waals surface area (Å²) in [6, 6.07) is 9.25. The molecule has 37 heavy (non-hydrogen) atoms. The number of alkyl halides is 2. The number of aromatic hydroxyl groups is 1. The fourth-order valence-electron chi connectivity index (χ4n) is 5.10. The largest absolute Gasteiger partial charge is 0.507 e. The number of benzene rings is 3. The molecule has 3 atom stereocenters. The Kier molecular flexibility index (Phi) is 5.65. The second-order valence-electron chi connectivity index (χ2n) is 8.64. The average molecular weight is 554 g/mol. The van der Waals surface area contributed by atoms with Crippen molar-refractivity contribution >= 4 is 51.5 Å². The minimum Gasteiger partial charge on any atom is -0.507 e. The molecular formula is C26H14Cl2F5NO3. The second kappa shape index (κ2) is 8.29. The molecule has 0 saturated carbocycles. The van der Waals surface area contributed by atoms with Crippen molar-refractivity contribution in [3.8, 4) is 5.75 Å². The molecule has 1 aliphatic carbocycles. The van der Waals surface area contributed by atoms with Crippen molar-refractivity contribution in [2.75, 3.05) is 4.90 Å². The van der Waals surface area contributed by atoms with E-state index in [4.69, 9.17) is 23.2 Å². The molecule has 0 radical (unpaired) electrons. The van der Waals surface area contributed by atoms with Gasteiger partial charge in [0.05, 0.1) is 0 Å². The van der Waals surface area contributed by atoms with Crippen molar-refractivity contribution in [2.24, 2.45) is 0 Å². The van der Waals surface area contributed by atoms with Crippen molar-refractivity contribution in [3.63, 3.8) is 0 Å². The lowest BCUT2D eigenvalue weighted by molar-refractivity contribution is -0.122. The number of fused-ring (bicyclic) bond motifs is 2. The van der Waals surface area contributed by atoms with E-state index in [0.717, 1.165) is 0 Å². The molecule has 5 rings (SSSR count). The van der Waals surface area contributed by atoms with E-state index in [1.54, 1.807) is 24.3 Å². The van der Waals surface area contributed by atoms with Gasteiger partial charge in [-0.05, 0) is 29.0 Å². The number of rotatable bonds is 3. The molecule has 3 aromatic rings. The second-order valence-corrected chi connectivity index (χ2v) is 9.88. The van der Waals surface area contributed by atoms with Gasteiger partial charge in [0.2, 0.25) is 5.82 Å². The van der Waals surface area contributed by atoms with Gasteiger partial charge >= 0.3 is 0 Å². The van der Waals surface area contributed by atoms with Crippen molar-refractivity contribution in [1.82, 2.24) is 0 Å². The van der Waals surface area contributed by atoms with E-state index in [1.807, 2.05) is 0 Å². The minimum atomic E-state index is -2.48. The predicted octanol–water partition coefficient (Wildman–Crippen LogP) is 6.37. The van der Waals surface area contributed by atoms with Gasteiger partial charge in [0.25, 0.3) is 11.8 Å². The van der Waals surface area contributed by atoms with Crippen LogP contribution < -0.4 is 4.90 Å². The quantitative estimate of drug-likeness (QED) is 0.135. The predicted molar refractivity (Wildman–Crippen MR) is 127 cm³/mol. The van der Waals surface area contributed by atoms with Crippen LogP contribution in [0.5, 0.6) is 5.75 Å². The van der Waals surface area contributed by atoms with Gasteiger partial charge in [0.15, 0.2) is 33.0 Å². The molecule has 0 spiro atoms. The van der Waals surface area contributed by atoms with E-state index in [1.165, 1.54) is 24.3 Å². The Morgan fingerprint density at radius 3 is 2.05 bits per heavy atom. The SMILES string of the molecule is C=CC1=CCC2(Cl)C(=O)N(c3c(F)c(F)c(F)c(F)c3F)C(=O)C2(Cl)C1c1ccc(O)c2ccccc12. The van der Waals surface area contributed by atoms with Crippen molar-refractivity contribution < 1.29 is 36.6 Å². The molecule has 4 nitrogen and oxygen atoms in total. The maximum Gasteiger partial charge on any atom is 0.258 e. The first kappa shape index (κ1) is 25.2. The number of imide groups is 1. The Labute approximate surface area is 216 Å². The number of anilines is 1. The number of hydrogen-bond donors (Lipinski definition) is 1. The smallest absolute Gasteiger partial charge is 0.258 e. The number of phenols is 1. The van der Waals surface area contributed by atoms with Crippen LogP contribution in [0.15, 0.2) is 60.7 Å². The number of phenolic OH excluding ortho intramolecular Hbond substituents is 1. The third kappa shape index (κ3) is 3.07. The molecule has 3 unspecified atom stereocenters. The zero-order valence-corrected chi connectivity index (χ0v) is 20.0. The van der Waals surface area contributed by atoms with Crippen LogP contribution in [0.4, 0.5) is 27.6 Å². The molecule has 190 valence electrons. The van der Waals surface area contributed by atoms with Crippen LogP contribution in [0, 0.1) is 29.1 Å². The fourth-order valence-corrected chi connectivity index (χ4v) is 5.93. The number of hydrogen-bond acceptors (Lipinski definition) is 3. The van der Waals surface area contributed by atoms with Crippen molar-refractivity contribution in [3.05, 3.63) is 95.4 Å². The molecule has 2 amide bonds. The first-order valence-electron chi connectivity index (χ1n) is 10.7. The van der Waals surface area contributed by atoms with Gasteiger partial charge in [-0.15, -0.1) is 23.2 Å². The molecule has 1 aliphatic heterocycles. The van der Waals surface area contributed by atoms with Gasteiger partial charge in [-0.2, -0.15) is 0 Å². The van der Waals surface area contributed by atoms with E-state index in [9.17, 15) is 36.6 Å². The number of amides is 2. The summed E-state index contributed by atoms with van der Waals surface area (Å²) in [5.74, 6) is -16.2. The third-order valence-corrected chi connectivity index (χ3v) is 8.29.